The first-order valence-corrected chi connectivity index (χ1v) is 9.40. The van der Waals surface area contributed by atoms with Gasteiger partial charge in [0.1, 0.15) is 12.3 Å². The Morgan fingerprint density at radius 3 is 2.55 bits per heavy atom. The number of rotatable bonds is 5. The van der Waals surface area contributed by atoms with Gasteiger partial charge >= 0.3 is 5.97 Å². The number of amides is 2. The summed E-state index contributed by atoms with van der Waals surface area (Å²) in [5, 5.41) is 2.78. The number of aryl methyl sites for hydroxylation is 3. The monoisotopic (exact) mass is 396 g/mol. The molecule has 2 aromatic carbocycles. The molecular weight excluding hydrogens is 372 g/mol. The smallest absolute Gasteiger partial charge is 0.326 e. The van der Waals surface area contributed by atoms with Crippen molar-refractivity contribution in [3.63, 3.8) is 0 Å². The van der Waals surface area contributed by atoms with Crippen molar-refractivity contribution in [3.05, 3.63) is 53.1 Å². The molecule has 0 aliphatic carbocycles. The van der Waals surface area contributed by atoms with Crippen LogP contribution >= 0.6 is 0 Å². The maximum atomic E-state index is 12.4. The molecule has 0 bridgehead atoms. The lowest BCUT2D eigenvalue weighted by atomic mass is 10.1. The summed E-state index contributed by atoms with van der Waals surface area (Å²) in [7, 11) is 0. The van der Waals surface area contributed by atoms with Crippen LogP contribution in [0.25, 0.3) is 0 Å². The number of hydrogen-bond acceptors (Lipinski definition) is 5. The topological polar surface area (TPSA) is 84.9 Å². The molecule has 1 N–H and O–H groups in total. The summed E-state index contributed by atoms with van der Waals surface area (Å²) in [5.74, 6) is -0.793. The molecule has 1 heterocycles. The zero-order valence-corrected chi connectivity index (χ0v) is 16.8. The summed E-state index contributed by atoms with van der Waals surface area (Å²) in [6.07, 6.45) is 0.161. The molecule has 0 unspecified atom stereocenters. The van der Waals surface area contributed by atoms with Gasteiger partial charge in [0.25, 0.3) is 5.91 Å². The molecule has 0 saturated carbocycles. The molecule has 1 aliphatic heterocycles. The van der Waals surface area contributed by atoms with Gasteiger partial charge in [-0.2, -0.15) is 0 Å². The Morgan fingerprint density at radius 2 is 1.83 bits per heavy atom. The molecule has 0 aromatic heterocycles. The molecule has 7 heteroatoms. The first kappa shape index (κ1) is 20.4. The number of fused-ring (bicyclic) bond motifs is 1. The number of ether oxygens (including phenoxy) is 2. The van der Waals surface area contributed by atoms with Crippen molar-refractivity contribution in [2.24, 2.45) is 0 Å². The van der Waals surface area contributed by atoms with Crippen LogP contribution in [0.1, 0.15) is 23.1 Å². The van der Waals surface area contributed by atoms with Gasteiger partial charge < -0.3 is 14.8 Å². The molecule has 3 rings (SSSR count). The highest BCUT2D eigenvalue weighted by atomic mass is 16.5. The highest BCUT2D eigenvalue weighted by Gasteiger charge is 2.25. The van der Waals surface area contributed by atoms with Crippen LogP contribution < -0.4 is 15.0 Å². The van der Waals surface area contributed by atoms with E-state index in [2.05, 4.69) is 5.32 Å². The third-order valence-corrected chi connectivity index (χ3v) is 4.62. The zero-order chi connectivity index (χ0) is 21.0. The lowest BCUT2D eigenvalue weighted by Crippen LogP contribution is -2.37. The minimum absolute atomic E-state index is 0.161. The van der Waals surface area contributed by atoms with Crippen molar-refractivity contribution < 1.29 is 23.9 Å². The average Bonchev–Trinajstić information content (AvgIpc) is 2.82. The Morgan fingerprint density at radius 1 is 1.14 bits per heavy atom. The highest BCUT2D eigenvalue weighted by molar-refractivity contribution is 6.00. The van der Waals surface area contributed by atoms with E-state index in [1.54, 1.807) is 24.3 Å². The molecule has 2 amide bonds. The van der Waals surface area contributed by atoms with Crippen LogP contribution in [-0.4, -0.2) is 37.5 Å². The van der Waals surface area contributed by atoms with Gasteiger partial charge in [0.2, 0.25) is 5.91 Å². The lowest BCUT2D eigenvalue weighted by Gasteiger charge is -2.20. The van der Waals surface area contributed by atoms with Crippen LogP contribution in [0.2, 0.25) is 0 Å². The standard InChI is InChI=1S/C22H24N2O5/c1-14-10-15(2)22(16(3)11-14)23-19(25)13-29-21(27)12-24-17-6-4-5-7-18(17)28-9-8-20(24)26/h4-7,10-11H,8-9,12-13H2,1-3H3,(H,23,25). The van der Waals surface area contributed by atoms with E-state index in [1.165, 1.54) is 4.90 Å². The van der Waals surface area contributed by atoms with E-state index in [0.717, 1.165) is 16.7 Å². The molecule has 7 nitrogen and oxygen atoms in total. The third kappa shape index (κ3) is 4.93. The van der Waals surface area contributed by atoms with Crippen molar-refractivity contribution in [1.29, 1.82) is 0 Å². The molecule has 2 aromatic rings. The molecule has 0 saturated heterocycles. The van der Waals surface area contributed by atoms with E-state index < -0.39 is 18.5 Å². The first-order valence-electron chi connectivity index (χ1n) is 9.40. The summed E-state index contributed by atoms with van der Waals surface area (Å²) in [4.78, 5) is 38.2. The number of benzene rings is 2. The van der Waals surface area contributed by atoms with Gasteiger partial charge in [-0.1, -0.05) is 29.8 Å². The Labute approximate surface area is 169 Å². The van der Waals surface area contributed by atoms with Crippen molar-refractivity contribution in [2.75, 3.05) is 30.0 Å². The average molecular weight is 396 g/mol. The molecule has 0 fully saturated rings. The van der Waals surface area contributed by atoms with Crippen LogP contribution in [-0.2, 0) is 19.1 Å². The SMILES string of the molecule is Cc1cc(C)c(NC(=O)COC(=O)CN2C(=O)CCOc3ccccc32)c(C)c1. The largest absolute Gasteiger partial charge is 0.491 e. The van der Waals surface area contributed by atoms with Crippen LogP contribution in [0.15, 0.2) is 36.4 Å². The van der Waals surface area contributed by atoms with Crippen LogP contribution in [0.5, 0.6) is 5.75 Å². The lowest BCUT2D eigenvalue weighted by molar-refractivity contribution is -0.146. The van der Waals surface area contributed by atoms with Gasteiger partial charge in [0.05, 0.1) is 18.7 Å². The van der Waals surface area contributed by atoms with E-state index in [4.69, 9.17) is 9.47 Å². The van der Waals surface area contributed by atoms with Gasteiger partial charge in [-0.3, -0.25) is 19.3 Å². The second-order valence-corrected chi connectivity index (χ2v) is 7.03. The molecular formula is C22H24N2O5. The molecule has 0 spiro atoms. The van der Waals surface area contributed by atoms with Gasteiger partial charge in [-0.25, -0.2) is 0 Å². The maximum absolute atomic E-state index is 12.4. The van der Waals surface area contributed by atoms with Crippen molar-refractivity contribution >= 4 is 29.2 Å². The van der Waals surface area contributed by atoms with Crippen molar-refractivity contribution in [1.82, 2.24) is 0 Å². The highest BCUT2D eigenvalue weighted by Crippen LogP contribution is 2.30. The second-order valence-electron chi connectivity index (χ2n) is 7.03. The quantitative estimate of drug-likeness (QED) is 0.786. The fraction of sp³-hybridized carbons (Fsp3) is 0.318. The molecule has 0 atom stereocenters. The number of anilines is 2. The number of hydrogen-bond donors (Lipinski definition) is 1. The summed E-state index contributed by atoms with van der Waals surface area (Å²) in [6.45, 7) is 5.35. The summed E-state index contributed by atoms with van der Waals surface area (Å²) >= 11 is 0. The van der Waals surface area contributed by atoms with Crippen molar-refractivity contribution in [2.45, 2.75) is 27.2 Å². The third-order valence-electron chi connectivity index (χ3n) is 4.62. The Kier molecular flexibility index (Phi) is 6.16. The summed E-state index contributed by atoms with van der Waals surface area (Å²) in [5.41, 5.74) is 4.21. The van der Waals surface area contributed by atoms with Crippen molar-refractivity contribution in [3.8, 4) is 5.75 Å². The molecule has 152 valence electrons. The molecule has 0 radical (unpaired) electrons. The number of esters is 1. The minimum atomic E-state index is -0.664. The molecule has 1 aliphatic rings. The predicted octanol–water partition coefficient (Wildman–Crippen LogP) is 2.91. The zero-order valence-electron chi connectivity index (χ0n) is 16.8. The number of nitrogens with zero attached hydrogens (tertiary/aromatic N) is 1. The number of para-hydroxylation sites is 2. The number of carbonyl (C=O) groups is 3. The predicted molar refractivity (Wildman–Crippen MR) is 109 cm³/mol. The Bertz CT molecular complexity index is 931. The Hall–Kier alpha value is -3.35. The normalized spacial score (nSPS) is 13.2. The Balaban J connectivity index is 1.60. The van der Waals surface area contributed by atoms with E-state index in [0.29, 0.717) is 17.1 Å². The van der Waals surface area contributed by atoms with Gasteiger partial charge in [0.15, 0.2) is 6.61 Å². The van der Waals surface area contributed by atoms with E-state index >= 15 is 0 Å². The molecule has 29 heavy (non-hydrogen) atoms. The van der Waals surface area contributed by atoms with Gasteiger partial charge in [0, 0.05) is 5.69 Å². The first-order chi connectivity index (χ1) is 13.8. The van der Waals surface area contributed by atoms with Crippen LogP contribution in [0.4, 0.5) is 11.4 Å². The summed E-state index contributed by atoms with van der Waals surface area (Å²) in [6, 6.07) is 11.0. The number of carbonyl (C=O) groups excluding carboxylic acids is 3. The fourth-order valence-electron chi connectivity index (χ4n) is 3.37. The minimum Gasteiger partial charge on any atom is -0.491 e. The van der Waals surface area contributed by atoms with E-state index in [-0.39, 0.29) is 25.5 Å². The van der Waals surface area contributed by atoms with Gasteiger partial charge in [-0.15, -0.1) is 0 Å². The van der Waals surface area contributed by atoms with E-state index in [1.807, 2.05) is 32.9 Å². The van der Waals surface area contributed by atoms with Crippen LogP contribution in [0.3, 0.4) is 0 Å². The van der Waals surface area contributed by atoms with E-state index in [9.17, 15) is 14.4 Å². The summed E-state index contributed by atoms with van der Waals surface area (Å²) < 4.78 is 10.6. The second kappa shape index (κ2) is 8.77. The number of nitrogens with one attached hydrogen (secondary N) is 1. The maximum Gasteiger partial charge on any atom is 0.326 e. The van der Waals surface area contributed by atoms with Gasteiger partial charge in [-0.05, 0) is 44.0 Å². The fourth-order valence-corrected chi connectivity index (χ4v) is 3.37. The van der Waals surface area contributed by atoms with Crippen LogP contribution in [0, 0.1) is 20.8 Å².